The number of amides is 1. The highest BCUT2D eigenvalue weighted by atomic mass is 16.4. The number of carboxylic acids is 1. The fraction of sp³-hybridized carbons (Fsp3) is 0.500. The molecule has 0 aliphatic carbocycles. The summed E-state index contributed by atoms with van der Waals surface area (Å²) in [5.41, 5.74) is 5.61. The van der Waals surface area contributed by atoms with Gasteiger partial charge in [0.05, 0.1) is 11.1 Å². The maximum Gasteiger partial charge on any atom is 0.311 e. The first-order valence-corrected chi connectivity index (χ1v) is 6.65. The van der Waals surface area contributed by atoms with Gasteiger partial charge in [-0.25, -0.2) is 0 Å². The van der Waals surface area contributed by atoms with E-state index >= 15 is 0 Å². The third-order valence-corrected chi connectivity index (χ3v) is 3.68. The summed E-state index contributed by atoms with van der Waals surface area (Å²) in [4.78, 5) is 27.4. The average Bonchev–Trinajstić information content (AvgIpc) is 2.48. The Hall–Kier alpha value is -1.95. The van der Waals surface area contributed by atoms with Crippen LogP contribution in [0.15, 0.2) is 18.3 Å². The summed E-state index contributed by atoms with van der Waals surface area (Å²) in [5, 5.41) is 12.0. The molecule has 0 aromatic carbocycles. The molecule has 0 saturated heterocycles. The molecule has 0 saturated carbocycles. The van der Waals surface area contributed by atoms with Gasteiger partial charge in [0, 0.05) is 24.8 Å². The lowest BCUT2D eigenvalue weighted by Crippen LogP contribution is -2.42. The minimum Gasteiger partial charge on any atom is -0.481 e. The molecule has 1 rings (SSSR count). The van der Waals surface area contributed by atoms with Crippen molar-refractivity contribution in [3.8, 4) is 0 Å². The smallest absolute Gasteiger partial charge is 0.311 e. The summed E-state index contributed by atoms with van der Waals surface area (Å²) in [5.74, 6) is -1.20. The second-order valence-electron chi connectivity index (χ2n) is 4.72. The molecule has 20 heavy (non-hydrogen) atoms. The predicted octanol–water partition coefficient (Wildman–Crippen LogP) is 1.16. The fourth-order valence-electron chi connectivity index (χ4n) is 1.96. The second-order valence-corrected chi connectivity index (χ2v) is 4.72. The number of carbonyl (C=O) groups excluding carboxylic acids is 1. The Morgan fingerprint density at radius 1 is 1.40 bits per heavy atom. The van der Waals surface area contributed by atoms with Gasteiger partial charge < -0.3 is 16.2 Å². The highest BCUT2D eigenvalue weighted by molar-refractivity contribution is 5.94. The number of carbonyl (C=O) groups is 2. The molecule has 0 aliphatic rings. The Bertz CT molecular complexity index is 484. The number of hydrogen-bond donors (Lipinski definition) is 3. The molecule has 0 fully saturated rings. The highest BCUT2D eigenvalue weighted by Gasteiger charge is 2.35. The van der Waals surface area contributed by atoms with Gasteiger partial charge >= 0.3 is 5.97 Å². The van der Waals surface area contributed by atoms with Gasteiger partial charge in [-0.1, -0.05) is 13.8 Å². The first kappa shape index (κ1) is 16.1. The molecule has 0 bridgehead atoms. The van der Waals surface area contributed by atoms with Crippen LogP contribution in [-0.2, 0) is 11.3 Å². The van der Waals surface area contributed by atoms with Crippen molar-refractivity contribution in [1.82, 2.24) is 10.3 Å². The molecule has 1 amide bonds. The number of nitrogens with one attached hydrogen (secondary N) is 1. The van der Waals surface area contributed by atoms with Gasteiger partial charge in [0.2, 0.25) is 0 Å². The third kappa shape index (κ3) is 3.54. The van der Waals surface area contributed by atoms with Crippen molar-refractivity contribution >= 4 is 11.9 Å². The summed E-state index contributed by atoms with van der Waals surface area (Å²) in [7, 11) is 0. The molecule has 4 N–H and O–H groups in total. The Kier molecular flexibility index (Phi) is 5.64. The Morgan fingerprint density at radius 3 is 2.55 bits per heavy atom. The van der Waals surface area contributed by atoms with Crippen molar-refractivity contribution in [3.05, 3.63) is 29.6 Å². The number of hydrogen-bond acceptors (Lipinski definition) is 4. The Labute approximate surface area is 118 Å². The van der Waals surface area contributed by atoms with E-state index in [0.717, 1.165) is 0 Å². The SMILES string of the molecule is CCC(CC)(CNC(=O)c1ccnc(CN)c1)C(=O)O. The number of nitrogens with zero attached hydrogens (tertiary/aromatic N) is 1. The van der Waals surface area contributed by atoms with E-state index < -0.39 is 11.4 Å². The number of nitrogens with two attached hydrogens (primary N) is 1. The molecule has 0 spiro atoms. The first-order valence-electron chi connectivity index (χ1n) is 6.65. The van der Waals surface area contributed by atoms with Crippen molar-refractivity contribution < 1.29 is 14.7 Å². The summed E-state index contributed by atoms with van der Waals surface area (Å²) in [6.07, 6.45) is 2.44. The molecular formula is C14H21N3O3. The molecule has 0 atom stereocenters. The zero-order valence-electron chi connectivity index (χ0n) is 11.8. The van der Waals surface area contributed by atoms with Crippen molar-refractivity contribution in [2.45, 2.75) is 33.2 Å². The molecule has 1 aromatic rings. The third-order valence-electron chi connectivity index (χ3n) is 3.68. The lowest BCUT2D eigenvalue weighted by Gasteiger charge is -2.26. The van der Waals surface area contributed by atoms with Crippen molar-refractivity contribution in [2.24, 2.45) is 11.1 Å². The zero-order chi connectivity index (χ0) is 15.2. The number of pyridine rings is 1. The van der Waals surface area contributed by atoms with Crippen LogP contribution in [0.2, 0.25) is 0 Å². The van der Waals surface area contributed by atoms with Gasteiger partial charge in [0.25, 0.3) is 5.91 Å². The van der Waals surface area contributed by atoms with E-state index in [9.17, 15) is 14.7 Å². The van der Waals surface area contributed by atoms with E-state index in [1.807, 2.05) is 13.8 Å². The topological polar surface area (TPSA) is 105 Å². The summed E-state index contributed by atoms with van der Waals surface area (Å²) < 4.78 is 0. The Balaban J connectivity index is 2.77. The molecule has 1 aromatic heterocycles. The van der Waals surface area contributed by atoms with Crippen LogP contribution in [0.5, 0.6) is 0 Å². The lowest BCUT2D eigenvalue weighted by atomic mass is 9.82. The predicted molar refractivity (Wildman–Crippen MR) is 75.1 cm³/mol. The van der Waals surface area contributed by atoms with Crippen molar-refractivity contribution in [3.63, 3.8) is 0 Å². The number of aliphatic carboxylic acids is 1. The molecule has 0 radical (unpaired) electrons. The monoisotopic (exact) mass is 279 g/mol. The van der Waals surface area contributed by atoms with Crippen LogP contribution in [-0.4, -0.2) is 28.5 Å². The van der Waals surface area contributed by atoms with Crippen molar-refractivity contribution in [1.29, 1.82) is 0 Å². The van der Waals surface area contributed by atoms with E-state index in [0.29, 0.717) is 24.1 Å². The number of rotatable bonds is 7. The Morgan fingerprint density at radius 2 is 2.05 bits per heavy atom. The molecule has 6 heteroatoms. The van der Waals surface area contributed by atoms with Crippen LogP contribution >= 0.6 is 0 Å². The van der Waals surface area contributed by atoms with Gasteiger partial charge in [-0.15, -0.1) is 0 Å². The van der Waals surface area contributed by atoms with Gasteiger partial charge in [-0.3, -0.25) is 14.6 Å². The van der Waals surface area contributed by atoms with E-state index in [4.69, 9.17) is 5.73 Å². The van der Waals surface area contributed by atoms with Gasteiger partial charge in [-0.2, -0.15) is 0 Å². The second kappa shape index (κ2) is 7.00. The molecule has 0 unspecified atom stereocenters. The van der Waals surface area contributed by atoms with Crippen LogP contribution in [0.25, 0.3) is 0 Å². The molecule has 110 valence electrons. The van der Waals surface area contributed by atoms with Gasteiger partial charge in [0.1, 0.15) is 0 Å². The highest BCUT2D eigenvalue weighted by Crippen LogP contribution is 2.25. The maximum atomic E-state index is 12.0. The van der Waals surface area contributed by atoms with E-state index in [2.05, 4.69) is 10.3 Å². The first-order chi connectivity index (χ1) is 9.49. The standard InChI is InChI=1S/C14H21N3O3/c1-3-14(4-2,13(19)20)9-17-12(18)10-5-6-16-11(7-10)8-15/h5-7H,3-4,8-9,15H2,1-2H3,(H,17,18)(H,19,20). The van der Waals surface area contributed by atoms with Crippen molar-refractivity contribution in [2.75, 3.05) is 6.54 Å². The van der Waals surface area contributed by atoms with Crippen LogP contribution in [0.3, 0.4) is 0 Å². The van der Waals surface area contributed by atoms with E-state index in [1.54, 1.807) is 12.1 Å². The molecule has 0 aliphatic heterocycles. The van der Waals surface area contributed by atoms with E-state index in [-0.39, 0.29) is 19.0 Å². The van der Waals surface area contributed by atoms with Crippen LogP contribution in [0.1, 0.15) is 42.7 Å². The van der Waals surface area contributed by atoms with E-state index in [1.165, 1.54) is 6.20 Å². The largest absolute Gasteiger partial charge is 0.481 e. The summed E-state index contributed by atoms with van der Waals surface area (Å²) >= 11 is 0. The molecule has 6 nitrogen and oxygen atoms in total. The summed E-state index contributed by atoms with van der Waals surface area (Å²) in [6.45, 7) is 3.98. The fourth-order valence-corrected chi connectivity index (χ4v) is 1.96. The molecular weight excluding hydrogens is 258 g/mol. The van der Waals surface area contributed by atoms with Crippen LogP contribution in [0, 0.1) is 5.41 Å². The minimum absolute atomic E-state index is 0.106. The zero-order valence-corrected chi connectivity index (χ0v) is 11.8. The normalized spacial score (nSPS) is 11.2. The minimum atomic E-state index is -0.917. The van der Waals surface area contributed by atoms with Crippen LogP contribution < -0.4 is 11.1 Å². The molecule has 1 heterocycles. The average molecular weight is 279 g/mol. The summed E-state index contributed by atoms with van der Waals surface area (Å²) in [6, 6.07) is 3.19. The van der Waals surface area contributed by atoms with Gasteiger partial charge in [-0.05, 0) is 25.0 Å². The van der Waals surface area contributed by atoms with Crippen LogP contribution in [0.4, 0.5) is 0 Å². The quantitative estimate of drug-likeness (QED) is 0.694. The number of aromatic nitrogens is 1. The van der Waals surface area contributed by atoms with Gasteiger partial charge in [0.15, 0.2) is 0 Å². The maximum absolute atomic E-state index is 12.0. The number of carboxylic acid groups (broad SMARTS) is 1. The lowest BCUT2D eigenvalue weighted by molar-refractivity contribution is -0.149.